The summed E-state index contributed by atoms with van der Waals surface area (Å²) in [5.74, 6) is 1.28. The number of thioether (sulfide) groups is 1. The SMILES string of the molecule is COc1ccc(-n2c(SCC(=O)NN=C(C)c3ccccc3Cl)nnc2-c2ccccc2)cc1. The number of carbonyl (C=O) groups is 1. The molecule has 0 bridgehead atoms. The van der Waals surface area contributed by atoms with Crippen molar-refractivity contribution < 1.29 is 9.53 Å². The second-order valence-corrected chi connectivity index (χ2v) is 8.56. The Morgan fingerprint density at radius 1 is 1.03 bits per heavy atom. The van der Waals surface area contributed by atoms with Gasteiger partial charge in [-0.15, -0.1) is 10.2 Å². The van der Waals surface area contributed by atoms with Gasteiger partial charge in [0, 0.05) is 21.8 Å². The zero-order valence-corrected chi connectivity index (χ0v) is 20.2. The maximum atomic E-state index is 12.5. The van der Waals surface area contributed by atoms with Gasteiger partial charge in [0.2, 0.25) is 0 Å². The molecule has 34 heavy (non-hydrogen) atoms. The molecule has 172 valence electrons. The van der Waals surface area contributed by atoms with Gasteiger partial charge in [-0.05, 0) is 37.3 Å². The van der Waals surface area contributed by atoms with Gasteiger partial charge in [-0.1, -0.05) is 71.9 Å². The molecule has 0 radical (unpaired) electrons. The number of hydrazone groups is 1. The number of ether oxygens (including phenoxy) is 1. The van der Waals surface area contributed by atoms with Crippen molar-refractivity contribution >= 4 is 35.0 Å². The summed E-state index contributed by atoms with van der Waals surface area (Å²) in [5.41, 5.74) is 5.76. The molecular weight excluding hydrogens is 470 g/mol. The fraction of sp³-hybridized carbons (Fsp3) is 0.120. The number of hydrogen-bond acceptors (Lipinski definition) is 6. The van der Waals surface area contributed by atoms with Gasteiger partial charge in [0.15, 0.2) is 11.0 Å². The van der Waals surface area contributed by atoms with E-state index in [0.717, 1.165) is 22.6 Å². The summed E-state index contributed by atoms with van der Waals surface area (Å²) in [7, 11) is 1.62. The average molecular weight is 492 g/mol. The van der Waals surface area contributed by atoms with E-state index in [0.29, 0.717) is 21.7 Å². The number of amides is 1. The van der Waals surface area contributed by atoms with Crippen LogP contribution >= 0.6 is 23.4 Å². The first kappa shape index (κ1) is 23.5. The van der Waals surface area contributed by atoms with Crippen molar-refractivity contribution in [2.24, 2.45) is 5.10 Å². The summed E-state index contributed by atoms with van der Waals surface area (Å²) in [6, 6.07) is 24.7. The van der Waals surface area contributed by atoms with E-state index in [1.807, 2.05) is 77.4 Å². The molecule has 0 fully saturated rings. The molecule has 1 heterocycles. The van der Waals surface area contributed by atoms with Gasteiger partial charge in [0.25, 0.3) is 5.91 Å². The average Bonchev–Trinajstić information content (AvgIpc) is 3.31. The number of hydrogen-bond donors (Lipinski definition) is 1. The molecule has 0 spiro atoms. The van der Waals surface area contributed by atoms with Gasteiger partial charge in [0.05, 0.1) is 18.6 Å². The van der Waals surface area contributed by atoms with E-state index in [-0.39, 0.29) is 11.7 Å². The predicted molar refractivity (Wildman–Crippen MR) is 136 cm³/mol. The molecule has 4 rings (SSSR count). The Kier molecular flexibility index (Phi) is 7.61. The van der Waals surface area contributed by atoms with Crippen molar-refractivity contribution in [3.63, 3.8) is 0 Å². The fourth-order valence-corrected chi connectivity index (χ4v) is 4.24. The van der Waals surface area contributed by atoms with Crippen LogP contribution < -0.4 is 10.2 Å². The summed E-state index contributed by atoms with van der Waals surface area (Å²) in [4.78, 5) is 12.5. The Morgan fingerprint density at radius 2 is 1.74 bits per heavy atom. The Balaban J connectivity index is 1.53. The molecule has 0 aliphatic heterocycles. The number of methoxy groups -OCH3 is 1. The van der Waals surface area contributed by atoms with Crippen molar-refractivity contribution in [3.05, 3.63) is 89.4 Å². The lowest BCUT2D eigenvalue weighted by atomic mass is 10.1. The Bertz CT molecular complexity index is 1310. The van der Waals surface area contributed by atoms with Crippen molar-refractivity contribution in [3.8, 4) is 22.8 Å². The third-order valence-electron chi connectivity index (χ3n) is 4.94. The van der Waals surface area contributed by atoms with Crippen LogP contribution in [0.1, 0.15) is 12.5 Å². The highest BCUT2D eigenvalue weighted by molar-refractivity contribution is 7.99. The highest BCUT2D eigenvalue weighted by Crippen LogP contribution is 2.28. The largest absolute Gasteiger partial charge is 0.497 e. The molecule has 0 atom stereocenters. The zero-order valence-electron chi connectivity index (χ0n) is 18.6. The fourth-order valence-electron chi connectivity index (χ4n) is 3.23. The highest BCUT2D eigenvalue weighted by atomic mass is 35.5. The standard InChI is InChI=1S/C25H22ClN5O2S/c1-17(21-10-6-7-11-22(21)26)27-28-23(32)16-34-25-30-29-24(18-8-4-3-5-9-18)31(25)19-12-14-20(33-2)15-13-19/h3-15H,16H2,1-2H3,(H,28,32). The van der Waals surface area contributed by atoms with Crippen LogP contribution in [-0.4, -0.2) is 39.2 Å². The summed E-state index contributed by atoms with van der Waals surface area (Å²) in [6.45, 7) is 1.79. The van der Waals surface area contributed by atoms with E-state index in [1.54, 1.807) is 20.1 Å². The summed E-state index contributed by atoms with van der Waals surface area (Å²) in [5, 5.41) is 14.1. The van der Waals surface area contributed by atoms with Crippen molar-refractivity contribution in [1.82, 2.24) is 20.2 Å². The Labute approximate surface area is 206 Å². The van der Waals surface area contributed by atoms with E-state index >= 15 is 0 Å². The topological polar surface area (TPSA) is 81.4 Å². The number of rotatable bonds is 8. The van der Waals surface area contributed by atoms with E-state index in [2.05, 4.69) is 20.7 Å². The molecule has 3 aromatic carbocycles. The Morgan fingerprint density at radius 3 is 2.44 bits per heavy atom. The monoisotopic (exact) mass is 491 g/mol. The summed E-state index contributed by atoms with van der Waals surface area (Å²) >= 11 is 7.48. The third kappa shape index (κ3) is 5.47. The second kappa shape index (κ2) is 11.0. The number of carbonyl (C=O) groups excluding carboxylic acids is 1. The Hall–Kier alpha value is -3.62. The number of aromatic nitrogens is 3. The van der Waals surface area contributed by atoms with E-state index in [1.165, 1.54) is 11.8 Å². The van der Waals surface area contributed by atoms with Crippen LogP contribution in [0.25, 0.3) is 17.1 Å². The quantitative estimate of drug-likeness (QED) is 0.207. The van der Waals surface area contributed by atoms with Crippen molar-refractivity contribution in [1.29, 1.82) is 0 Å². The van der Waals surface area contributed by atoms with Crippen LogP contribution in [0, 0.1) is 0 Å². The highest BCUT2D eigenvalue weighted by Gasteiger charge is 2.17. The number of nitrogens with zero attached hydrogens (tertiary/aromatic N) is 4. The number of benzene rings is 3. The maximum Gasteiger partial charge on any atom is 0.250 e. The maximum absolute atomic E-state index is 12.5. The van der Waals surface area contributed by atoms with Gasteiger partial charge in [-0.2, -0.15) is 5.10 Å². The van der Waals surface area contributed by atoms with Crippen LogP contribution in [0.3, 0.4) is 0 Å². The lowest BCUT2D eigenvalue weighted by Crippen LogP contribution is -2.21. The smallest absolute Gasteiger partial charge is 0.250 e. The van der Waals surface area contributed by atoms with Crippen molar-refractivity contribution in [2.45, 2.75) is 12.1 Å². The van der Waals surface area contributed by atoms with E-state index in [9.17, 15) is 4.79 Å². The third-order valence-corrected chi connectivity index (χ3v) is 6.20. The van der Waals surface area contributed by atoms with Gasteiger partial charge < -0.3 is 4.74 Å². The second-order valence-electron chi connectivity index (χ2n) is 7.21. The van der Waals surface area contributed by atoms with Crippen LogP contribution in [0.5, 0.6) is 5.75 Å². The zero-order chi connectivity index (χ0) is 23.9. The van der Waals surface area contributed by atoms with Crippen LogP contribution in [-0.2, 0) is 4.79 Å². The van der Waals surface area contributed by atoms with Crippen LogP contribution in [0.4, 0.5) is 0 Å². The summed E-state index contributed by atoms with van der Waals surface area (Å²) in [6.07, 6.45) is 0. The molecule has 0 saturated heterocycles. The summed E-state index contributed by atoms with van der Waals surface area (Å²) < 4.78 is 7.20. The number of halogens is 1. The number of nitrogens with one attached hydrogen (secondary N) is 1. The van der Waals surface area contributed by atoms with E-state index < -0.39 is 0 Å². The molecule has 9 heteroatoms. The molecule has 0 unspecified atom stereocenters. The van der Waals surface area contributed by atoms with Crippen LogP contribution in [0.15, 0.2) is 89.1 Å². The van der Waals surface area contributed by atoms with Gasteiger partial charge in [-0.3, -0.25) is 9.36 Å². The first-order valence-electron chi connectivity index (χ1n) is 10.4. The molecule has 0 saturated carbocycles. The predicted octanol–water partition coefficient (Wildman–Crippen LogP) is 5.23. The minimum Gasteiger partial charge on any atom is -0.497 e. The molecule has 1 amide bonds. The molecule has 0 aliphatic rings. The normalized spacial score (nSPS) is 11.3. The minimum absolute atomic E-state index is 0.113. The minimum atomic E-state index is -0.262. The lowest BCUT2D eigenvalue weighted by molar-refractivity contribution is -0.118. The molecular formula is C25H22ClN5O2S. The molecule has 4 aromatic rings. The van der Waals surface area contributed by atoms with E-state index in [4.69, 9.17) is 16.3 Å². The van der Waals surface area contributed by atoms with Gasteiger partial charge in [0.1, 0.15) is 5.75 Å². The van der Waals surface area contributed by atoms with Gasteiger partial charge in [-0.25, -0.2) is 5.43 Å². The first-order chi connectivity index (χ1) is 16.6. The van der Waals surface area contributed by atoms with Crippen LogP contribution in [0.2, 0.25) is 5.02 Å². The van der Waals surface area contributed by atoms with Crippen molar-refractivity contribution in [2.75, 3.05) is 12.9 Å². The lowest BCUT2D eigenvalue weighted by Gasteiger charge is -2.11. The molecule has 1 N–H and O–H groups in total. The molecule has 0 aliphatic carbocycles. The first-order valence-corrected chi connectivity index (χ1v) is 11.8. The van der Waals surface area contributed by atoms with Gasteiger partial charge >= 0.3 is 0 Å². The molecule has 1 aromatic heterocycles. The molecule has 7 nitrogen and oxygen atoms in total.